The van der Waals surface area contributed by atoms with Gasteiger partial charge in [-0.05, 0) is 38.5 Å². The van der Waals surface area contributed by atoms with Crippen LogP contribution in [-0.4, -0.2) is 20.5 Å². The van der Waals surface area contributed by atoms with E-state index >= 15 is 0 Å². The second-order valence-corrected chi connectivity index (χ2v) is 6.50. The predicted octanol–water partition coefficient (Wildman–Crippen LogP) is 2.63. The third-order valence-electron chi connectivity index (χ3n) is 2.15. The van der Waals surface area contributed by atoms with Crippen LogP contribution in [0.15, 0.2) is 17.0 Å². The molecular weight excluding hydrogens is 283 g/mol. The minimum absolute atomic E-state index is 0.0667. The van der Waals surface area contributed by atoms with Gasteiger partial charge in [-0.1, -0.05) is 0 Å². The van der Waals surface area contributed by atoms with E-state index in [1.165, 1.54) is 6.92 Å². The normalized spacial score (nSPS) is 11.7. The minimum Gasteiger partial charge on any atom is -0.459 e. The summed E-state index contributed by atoms with van der Waals surface area (Å²) in [5.74, 6) is -1.65. The number of rotatable bonds is 3. The average Bonchev–Trinajstić information content (AvgIpc) is 2.18. The van der Waals surface area contributed by atoms with Gasteiger partial charge in [0.2, 0.25) is 0 Å². The van der Waals surface area contributed by atoms with Crippen LogP contribution in [0.5, 0.6) is 0 Å². The molecule has 0 radical (unpaired) electrons. The Hall–Kier alpha value is -1.14. The summed E-state index contributed by atoms with van der Waals surface area (Å²) in [4.78, 5) is 11.2. The van der Waals surface area contributed by atoms with E-state index in [0.29, 0.717) is 0 Å². The van der Waals surface area contributed by atoms with Crippen molar-refractivity contribution in [3.8, 4) is 0 Å². The van der Waals surface area contributed by atoms with E-state index in [9.17, 15) is 17.6 Å². The lowest BCUT2D eigenvalue weighted by atomic mass is 10.1. The van der Waals surface area contributed by atoms with Crippen LogP contribution < -0.4 is 0 Å². The third-order valence-corrected chi connectivity index (χ3v) is 3.60. The van der Waals surface area contributed by atoms with Crippen molar-refractivity contribution in [2.45, 2.75) is 31.8 Å². The van der Waals surface area contributed by atoms with Crippen molar-refractivity contribution >= 4 is 25.7 Å². The number of hydrogen-bond donors (Lipinski definition) is 0. The summed E-state index contributed by atoms with van der Waals surface area (Å²) >= 11 is 0. The fraction of sp³-hybridized carbons (Fsp3) is 0.364. The quantitative estimate of drug-likeness (QED) is 0.635. The zero-order chi connectivity index (χ0) is 14.1. The first-order valence-electron chi connectivity index (χ1n) is 5.08. The van der Waals surface area contributed by atoms with E-state index in [1.807, 2.05) is 0 Å². The van der Waals surface area contributed by atoms with Gasteiger partial charge < -0.3 is 4.74 Å². The van der Waals surface area contributed by atoms with E-state index in [0.717, 1.165) is 12.1 Å². The van der Waals surface area contributed by atoms with Crippen LogP contribution in [0.25, 0.3) is 0 Å². The minimum atomic E-state index is -4.12. The lowest BCUT2D eigenvalue weighted by Gasteiger charge is -2.11. The van der Waals surface area contributed by atoms with E-state index in [-0.39, 0.29) is 11.1 Å². The number of carbonyl (C=O) groups is 1. The molecule has 100 valence electrons. The molecule has 0 saturated carbocycles. The molecule has 0 N–H and O–H groups in total. The zero-order valence-corrected chi connectivity index (χ0v) is 11.6. The van der Waals surface area contributed by atoms with Gasteiger partial charge in [-0.3, -0.25) is 0 Å². The summed E-state index contributed by atoms with van der Waals surface area (Å²) in [6, 6.07) is 1.69. The summed E-state index contributed by atoms with van der Waals surface area (Å²) in [6.45, 7) is 4.63. The Bertz CT molecular complexity index is 581. The summed E-state index contributed by atoms with van der Waals surface area (Å²) in [7, 11) is 1.06. The fourth-order valence-electron chi connectivity index (χ4n) is 1.40. The van der Waals surface area contributed by atoms with Crippen molar-refractivity contribution in [3.63, 3.8) is 0 Å². The Labute approximate surface area is 109 Å². The first-order chi connectivity index (χ1) is 8.12. The van der Waals surface area contributed by atoms with Crippen LogP contribution in [0.1, 0.15) is 29.8 Å². The van der Waals surface area contributed by atoms with Crippen molar-refractivity contribution < 1.29 is 22.3 Å². The number of benzene rings is 1. The number of carbonyl (C=O) groups excluding carboxylic acids is 1. The molecule has 0 aromatic heterocycles. The molecule has 0 aliphatic carbocycles. The van der Waals surface area contributed by atoms with Gasteiger partial charge in [-0.2, -0.15) is 0 Å². The topological polar surface area (TPSA) is 60.4 Å². The highest BCUT2D eigenvalue weighted by molar-refractivity contribution is 8.13. The first-order valence-corrected chi connectivity index (χ1v) is 7.39. The molecule has 0 aliphatic rings. The molecule has 1 aromatic rings. The van der Waals surface area contributed by atoms with Crippen LogP contribution >= 0.6 is 10.7 Å². The molecule has 4 nitrogen and oxygen atoms in total. The number of halogens is 2. The molecule has 0 amide bonds. The molecular formula is C11H12ClFO4S. The highest BCUT2D eigenvalue weighted by atomic mass is 35.7. The SMILES string of the molecule is Cc1c(C(=O)OC(C)C)cc(F)cc1S(=O)(=O)Cl. The number of hydrogen-bond acceptors (Lipinski definition) is 4. The van der Waals surface area contributed by atoms with Crippen molar-refractivity contribution in [2.24, 2.45) is 0 Å². The molecule has 0 bridgehead atoms. The maximum absolute atomic E-state index is 13.3. The summed E-state index contributed by atoms with van der Waals surface area (Å²) in [5, 5.41) is 0. The molecule has 0 unspecified atom stereocenters. The highest BCUT2D eigenvalue weighted by Gasteiger charge is 2.22. The second kappa shape index (κ2) is 5.24. The molecule has 1 rings (SSSR count). The van der Waals surface area contributed by atoms with Gasteiger partial charge >= 0.3 is 5.97 Å². The van der Waals surface area contributed by atoms with Crippen molar-refractivity contribution in [1.29, 1.82) is 0 Å². The van der Waals surface area contributed by atoms with Gasteiger partial charge in [0.05, 0.1) is 16.6 Å². The van der Waals surface area contributed by atoms with Gasteiger partial charge in [-0.15, -0.1) is 0 Å². The van der Waals surface area contributed by atoms with Crippen LogP contribution in [-0.2, 0) is 13.8 Å². The molecule has 18 heavy (non-hydrogen) atoms. The monoisotopic (exact) mass is 294 g/mol. The van der Waals surface area contributed by atoms with Crippen LogP contribution in [0, 0.1) is 12.7 Å². The van der Waals surface area contributed by atoms with Crippen molar-refractivity contribution in [1.82, 2.24) is 0 Å². The molecule has 0 fully saturated rings. The smallest absolute Gasteiger partial charge is 0.338 e. The molecule has 7 heteroatoms. The van der Waals surface area contributed by atoms with E-state index in [2.05, 4.69) is 0 Å². The maximum atomic E-state index is 13.3. The van der Waals surface area contributed by atoms with Gasteiger partial charge in [0.25, 0.3) is 9.05 Å². The summed E-state index contributed by atoms with van der Waals surface area (Å²) < 4.78 is 40.7. The van der Waals surface area contributed by atoms with Crippen LogP contribution in [0.4, 0.5) is 4.39 Å². The lowest BCUT2D eigenvalue weighted by Crippen LogP contribution is -2.14. The fourth-order valence-corrected chi connectivity index (χ4v) is 2.61. The van der Waals surface area contributed by atoms with Gasteiger partial charge in [-0.25, -0.2) is 17.6 Å². The molecule has 0 aliphatic heterocycles. The third kappa shape index (κ3) is 3.43. The molecule has 0 spiro atoms. The van der Waals surface area contributed by atoms with E-state index in [4.69, 9.17) is 15.4 Å². The van der Waals surface area contributed by atoms with Crippen molar-refractivity contribution in [3.05, 3.63) is 29.1 Å². The van der Waals surface area contributed by atoms with Gasteiger partial charge in [0.1, 0.15) is 5.82 Å². The second-order valence-electron chi connectivity index (χ2n) is 3.97. The average molecular weight is 295 g/mol. The Kier molecular flexibility index (Phi) is 4.34. The Balaban J connectivity index is 3.39. The highest BCUT2D eigenvalue weighted by Crippen LogP contribution is 2.24. The lowest BCUT2D eigenvalue weighted by molar-refractivity contribution is 0.0376. The Morgan fingerprint density at radius 2 is 1.94 bits per heavy atom. The predicted molar refractivity (Wildman–Crippen MR) is 64.7 cm³/mol. The molecule has 0 saturated heterocycles. The Morgan fingerprint density at radius 3 is 2.39 bits per heavy atom. The molecule has 0 heterocycles. The zero-order valence-electron chi connectivity index (χ0n) is 10.0. The molecule has 1 aromatic carbocycles. The largest absolute Gasteiger partial charge is 0.459 e. The Morgan fingerprint density at radius 1 is 1.39 bits per heavy atom. The maximum Gasteiger partial charge on any atom is 0.338 e. The van der Waals surface area contributed by atoms with Crippen LogP contribution in [0.2, 0.25) is 0 Å². The van der Waals surface area contributed by atoms with E-state index < -0.39 is 31.8 Å². The number of esters is 1. The number of ether oxygens (including phenoxy) is 1. The van der Waals surface area contributed by atoms with Crippen LogP contribution in [0.3, 0.4) is 0 Å². The van der Waals surface area contributed by atoms with Gasteiger partial charge in [0.15, 0.2) is 0 Å². The van der Waals surface area contributed by atoms with Gasteiger partial charge in [0, 0.05) is 10.7 Å². The summed E-state index contributed by atoms with van der Waals surface area (Å²) in [5.41, 5.74) is -0.0834. The molecule has 0 atom stereocenters. The summed E-state index contributed by atoms with van der Waals surface area (Å²) in [6.07, 6.45) is -0.392. The standard InChI is InChI=1S/C11H12ClFO4S/c1-6(2)17-11(14)9-4-8(13)5-10(7(9)3)18(12,15)16/h4-6H,1-3H3. The first kappa shape index (κ1) is 14.9. The van der Waals surface area contributed by atoms with Crippen molar-refractivity contribution in [2.75, 3.05) is 0 Å². The van der Waals surface area contributed by atoms with E-state index in [1.54, 1.807) is 13.8 Å².